The highest BCUT2D eigenvalue weighted by molar-refractivity contribution is 6.00. The van der Waals surface area contributed by atoms with Crippen LogP contribution >= 0.6 is 0 Å². The summed E-state index contributed by atoms with van der Waals surface area (Å²) in [5, 5.41) is 26.9. The molecule has 214 valence electrons. The maximum atomic E-state index is 13.8. The monoisotopic (exact) mass is 553 g/mol. The molecule has 2 unspecified atom stereocenters. The number of amides is 3. The van der Waals surface area contributed by atoms with Crippen LogP contribution in [0, 0.1) is 5.92 Å². The summed E-state index contributed by atoms with van der Waals surface area (Å²) in [5.74, 6) is -4.17. The zero-order valence-electron chi connectivity index (χ0n) is 22.7. The van der Waals surface area contributed by atoms with E-state index in [1.165, 1.54) is 31.0 Å². The summed E-state index contributed by atoms with van der Waals surface area (Å²) < 4.78 is 11.1. The van der Waals surface area contributed by atoms with Crippen molar-refractivity contribution < 1.29 is 38.9 Å². The van der Waals surface area contributed by atoms with Crippen LogP contribution in [0.4, 0.5) is 0 Å². The van der Waals surface area contributed by atoms with Crippen molar-refractivity contribution in [2.75, 3.05) is 13.7 Å². The van der Waals surface area contributed by atoms with Crippen LogP contribution in [0.3, 0.4) is 0 Å². The van der Waals surface area contributed by atoms with Gasteiger partial charge in [-0.25, -0.2) is 0 Å². The van der Waals surface area contributed by atoms with Crippen LogP contribution in [0.15, 0.2) is 54.6 Å². The molecule has 0 spiro atoms. The lowest BCUT2D eigenvalue weighted by atomic mass is 9.91. The van der Waals surface area contributed by atoms with Crippen molar-refractivity contribution in [2.45, 2.75) is 63.1 Å². The molecule has 2 heterocycles. The molecule has 2 saturated heterocycles. The smallest absolute Gasteiger partial charge is 0.312 e. The Hall–Kier alpha value is -3.96. The molecule has 40 heavy (non-hydrogen) atoms. The third kappa shape index (κ3) is 6.26. The highest BCUT2D eigenvalue weighted by atomic mass is 16.6. The van der Waals surface area contributed by atoms with Gasteiger partial charge >= 0.3 is 5.97 Å². The summed E-state index contributed by atoms with van der Waals surface area (Å²) in [5.41, 5.74) is 0.752. The van der Waals surface area contributed by atoms with E-state index in [1.807, 2.05) is 30.3 Å². The lowest BCUT2D eigenvalue weighted by molar-refractivity contribution is -0.188. The van der Waals surface area contributed by atoms with E-state index in [9.17, 15) is 29.4 Å². The molecule has 2 aromatic rings. The van der Waals surface area contributed by atoms with Gasteiger partial charge in [0.1, 0.15) is 17.9 Å². The van der Waals surface area contributed by atoms with Gasteiger partial charge in [0.05, 0.1) is 29.7 Å². The lowest BCUT2D eigenvalue weighted by Gasteiger charge is -2.40. The van der Waals surface area contributed by atoms with Crippen molar-refractivity contribution in [1.29, 1.82) is 0 Å². The number of nitrogens with one attached hydrogen (secondary N) is 2. The van der Waals surface area contributed by atoms with Crippen LogP contribution in [-0.4, -0.2) is 88.9 Å². The fraction of sp³-hybridized carbons (Fsp3) is 0.448. The van der Waals surface area contributed by atoms with Gasteiger partial charge in [0.2, 0.25) is 12.0 Å². The highest BCUT2D eigenvalue weighted by Gasteiger charge is 2.45. The topological polar surface area (TPSA) is 155 Å². The van der Waals surface area contributed by atoms with E-state index >= 15 is 0 Å². The Morgan fingerprint density at radius 1 is 1.07 bits per heavy atom. The summed E-state index contributed by atoms with van der Waals surface area (Å²) in [6.45, 7) is 3.45. The minimum atomic E-state index is -1.38. The number of hydrogen-bond donors (Lipinski definition) is 4. The van der Waals surface area contributed by atoms with Crippen molar-refractivity contribution >= 4 is 23.7 Å². The zero-order valence-corrected chi connectivity index (χ0v) is 22.7. The second-order valence-electron chi connectivity index (χ2n) is 10.3. The maximum absolute atomic E-state index is 13.8. The molecule has 2 aliphatic rings. The number of phenols is 1. The Bertz CT molecular complexity index is 1230. The zero-order chi connectivity index (χ0) is 29.0. The third-order valence-corrected chi connectivity index (χ3v) is 7.64. The molecule has 4 rings (SSSR count). The summed E-state index contributed by atoms with van der Waals surface area (Å²) in [6.07, 6.45) is -2.65. The van der Waals surface area contributed by atoms with Gasteiger partial charge in [-0.15, -0.1) is 0 Å². The van der Waals surface area contributed by atoms with E-state index < -0.39 is 66.0 Å². The molecule has 0 saturated carbocycles. The molecule has 0 aromatic heterocycles. The number of ether oxygens (including phenoxy) is 2. The normalized spacial score (nSPS) is 29.8. The number of aliphatic hydroxyl groups excluding tert-OH is 1. The number of carbonyl (C=O) groups is 4. The maximum Gasteiger partial charge on any atom is 0.312 e. The summed E-state index contributed by atoms with van der Waals surface area (Å²) in [4.78, 5) is 54.8. The van der Waals surface area contributed by atoms with Crippen LogP contribution < -0.4 is 10.6 Å². The second kappa shape index (κ2) is 12.5. The van der Waals surface area contributed by atoms with E-state index in [0.29, 0.717) is 13.0 Å². The first-order chi connectivity index (χ1) is 19.1. The predicted molar refractivity (Wildman–Crippen MR) is 143 cm³/mol. The molecule has 7 atom stereocenters. The Balaban J connectivity index is 1.71. The van der Waals surface area contributed by atoms with Crippen LogP contribution in [-0.2, 0) is 30.3 Å². The van der Waals surface area contributed by atoms with E-state index in [1.54, 1.807) is 19.1 Å². The average Bonchev–Trinajstić information content (AvgIpc) is 2.92. The van der Waals surface area contributed by atoms with E-state index in [0.717, 1.165) is 5.56 Å². The molecule has 0 aliphatic carbocycles. The van der Waals surface area contributed by atoms with Gasteiger partial charge in [-0.3, -0.25) is 19.2 Å². The number of rotatable bonds is 5. The van der Waals surface area contributed by atoms with Crippen LogP contribution in [0.5, 0.6) is 5.75 Å². The number of aliphatic hydroxyl groups is 1. The third-order valence-electron chi connectivity index (χ3n) is 7.64. The van der Waals surface area contributed by atoms with Crippen molar-refractivity contribution in [3.63, 3.8) is 0 Å². The van der Waals surface area contributed by atoms with Crippen LogP contribution in [0.1, 0.15) is 36.2 Å². The number of likely N-dealkylation sites (N-methyl/N-ethyl adjacent to an activating group) is 1. The van der Waals surface area contributed by atoms with Crippen molar-refractivity contribution in [3.8, 4) is 5.75 Å². The van der Waals surface area contributed by atoms with Crippen molar-refractivity contribution in [1.82, 2.24) is 15.5 Å². The number of hydrogen-bond acceptors (Lipinski definition) is 8. The number of cyclic esters (lactones) is 1. The average molecular weight is 554 g/mol. The first kappa shape index (κ1) is 29.0. The van der Waals surface area contributed by atoms with Gasteiger partial charge < -0.3 is 35.2 Å². The number of benzene rings is 2. The Labute approximate surface area is 232 Å². The van der Waals surface area contributed by atoms with Gasteiger partial charge in [0, 0.05) is 20.1 Å². The van der Waals surface area contributed by atoms with E-state index in [-0.39, 0.29) is 17.7 Å². The number of carbonyl (C=O) groups excluding carboxylic acids is 4. The van der Waals surface area contributed by atoms with Gasteiger partial charge in [-0.1, -0.05) is 42.5 Å². The SMILES string of the molecule is C[C@@H]1[C@H](NC(=O)c2ccccc2O)C(=O)N[C@@H](Cc2ccccc2)[C@@H](O)[C@@H](C)C(=O)OC(C2CCO2)C(=O)N1C. The molecule has 2 aromatic carbocycles. The molecule has 11 heteroatoms. The second-order valence-corrected chi connectivity index (χ2v) is 10.3. The minimum Gasteiger partial charge on any atom is -0.507 e. The van der Waals surface area contributed by atoms with E-state index in [4.69, 9.17) is 9.47 Å². The molecular formula is C29H35N3O8. The molecule has 2 aliphatic heterocycles. The first-order valence-electron chi connectivity index (χ1n) is 13.3. The highest BCUT2D eigenvalue weighted by Crippen LogP contribution is 2.24. The van der Waals surface area contributed by atoms with Crippen molar-refractivity contribution in [3.05, 3.63) is 65.7 Å². The molecular weight excluding hydrogens is 518 g/mol. The standard InChI is InChI=1S/C29H35N3O8/c1-16-24(34)20(15-18-9-5-4-6-10-18)30-27(36)23(31-26(35)19-11-7-8-12-21(19)33)17(2)32(3)28(37)25(40-29(16)38)22-13-14-39-22/h4-12,16-17,20,22-25,33-34H,13-15H2,1-3H3,(H,30,36)(H,31,35)/t16-,17-,20+,22?,23+,24+,25?/m1/s1. The first-order valence-corrected chi connectivity index (χ1v) is 13.3. The lowest BCUT2D eigenvalue weighted by Crippen LogP contribution is -2.63. The van der Waals surface area contributed by atoms with Gasteiger partial charge in [0.25, 0.3) is 11.8 Å². The number of para-hydroxylation sites is 1. The largest absolute Gasteiger partial charge is 0.507 e. The molecule has 11 nitrogen and oxygen atoms in total. The predicted octanol–water partition coefficient (Wildman–Crippen LogP) is 0.776. The number of esters is 1. The molecule has 2 fully saturated rings. The fourth-order valence-electron chi connectivity index (χ4n) is 4.81. The molecule has 0 bridgehead atoms. The van der Waals surface area contributed by atoms with Gasteiger partial charge in [-0.2, -0.15) is 0 Å². The molecule has 0 radical (unpaired) electrons. The molecule has 4 N–H and O–H groups in total. The summed E-state index contributed by atoms with van der Waals surface area (Å²) in [6, 6.07) is 11.9. The summed E-state index contributed by atoms with van der Waals surface area (Å²) >= 11 is 0. The van der Waals surface area contributed by atoms with Gasteiger partial charge in [0.15, 0.2) is 0 Å². The number of aromatic hydroxyl groups is 1. The Kier molecular flexibility index (Phi) is 9.06. The Morgan fingerprint density at radius 2 is 1.73 bits per heavy atom. The number of phenolic OH excluding ortho intramolecular Hbond substituents is 1. The van der Waals surface area contributed by atoms with Gasteiger partial charge in [-0.05, 0) is 38.0 Å². The van der Waals surface area contributed by atoms with Crippen molar-refractivity contribution in [2.24, 2.45) is 5.92 Å². The number of nitrogens with zero attached hydrogens (tertiary/aromatic N) is 1. The van der Waals surface area contributed by atoms with Crippen LogP contribution in [0.25, 0.3) is 0 Å². The van der Waals surface area contributed by atoms with E-state index in [2.05, 4.69) is 10.6 Å². The minimum absolute atomic E-state index is 0.0493. The quantitative estimate of drug-likeness (QED) is 0.396. The fourth-order valence-corrected chi connectivity index (χ4v) is 4.81. The van der Waals surface area contributed by atoms with Crippen LogP contribution in [0.2, 0.25) is 0 Å². The molecule has 3 amide bonds. The summed E-state index contributed by atoms with van der Waals surface area (Å²) in [7, 11) is 1.45. The Morgan fingerprint density at radius 3 is 2.35 bits per heavy atom.